The summed E-state index contributed by atoms with van der Waals surface area (Å²) in [5, 5.41) is 3.03. The van der Waals surface area contributed by atoms with Gasteiger partial charge >= 0.3 is 5.97 Å². The van der Waals surface area contributed by atoms with E-state index in [4.69, 9.17) is 11.6 Å². The second-order valence-corrected chi connectivity index (χ2v) is 3.64. The van der Waals surface area contributed by atoms with Gasteiger partial charge in [0, 0.05) is 5.02 Å². The highest BCUT2D eigenvalue weighted by atomic mass is 35.5. The van der Waals surface area contributed by atoms with E-state index in [-0.39, 0.29) is 12.3 Å². The summed E-state index contributed by atoms with van der Waals surface area (Å²) < 4.78 is 4.60. The van der Waals surface area contributed by atoms with Crippen LogP contribution >= 0.6 is 11.6 Å². The summed E-state index contributed by atoms with van der Waals surface area (Å²) in [6.07, 6.45) is 0.250. The maximum Gasteiger partial charge on any atom is 0.340 e. The van der Waals surface area contributed by atoms with Crippen LogP contribution in [-0.2, 0) is 16.0 Å². The maximum atomic E-state index is 11.4. The number of methoxy groups -OCH3 is 1. The molecule has 0 aromatic heterocycles. The quantitative estimate of drug-likeness (QED) is 0.739. The van der Waals surface area contributed by atoms with Crippen molar-refractivity contribution < 1.29 is 14.3 Å². The normalized spacial score (nSPS) is 13.3. The molecular weight excluding hydrogens is 218 g/mol. The van der Waals surface area contributed by atoms with Crippen LogP contribution in [0.3, 0.4) is 0 Å². The maximum absolute atomic E-state index is 11.4. The number of hydrogen-bond acceptors (Lipinski definition) is 3. The zero-order valence-electron chi connectivity index (χ0n) is 7.96. The lowest BCUT2D eigenvalue weighted by atomic mass is 10.1. The fraction of sp³-hybridized carbons (Fsp3) is 0.200. The lowest BCUT2D eigenvalue weighted by Gasteiger charge is -2.06. The van der Waals surface area contributed by atoms with Crippen molar-refractivity contribution in [2.75, 3.05) is 12.4 Å². The molecule has 0 fully saturated rings. The van der Waals surface area contributed by atoms with Crippen molar-refractivity contribution in [2.45, 2.75) is 6.42 Å². The number of carbonyl (C=O) groups is 2. The van der Waals surface area contributed by atoms with Crippen molar-refractivity contribution in [2.24, 2.45) is 0 Å². The molecule has 0 radical (unpaired) electrons. The van der Waals surface area contributed by atoms with Gasteiger partial charge in [-0.05, 0) is 17.7 Å². The lowest BCUT2D eigenvalue weighted by Crippen LogP contribution is -2.08. The molecule has 0 atom stereocenters. The molecule has 1 aromatic rings. The van der Waals surface area contributed by atoms with Crippen molar-refractivity contribution in [1.29, 1.82) is 0 Å². The van der Waals surface area contributed by atoms with E-state index in [0.29, 0.717) is 16.3 Å². The molecule has 5 heteroatoms. The predicted octanol–water partition coefficient (Wildman–Crippen LogP) is 1.62. The Morgan fingerprint density at radius 1 is 1.53 bits per heavy atom. The molecule has 0 aliphatic carbocycles. The first kappa shape index (κ1) is 9.98. The number of carbonyl (C=O) groups excluding carboxylic acids is 2. The van der Waals surface area contributed by atoms with Gasteiger partial charge in [-0.25, -0.2) is 4.79 Å². The molecule has 1 aromatic carbocycles. The van der Waals surface area contributed by atoms with E-state index < -0.39 is 5.97 Å². The van der Waals surface area contributed by atoms with Crippen molar-refractivity contribution in [3.05, 3.63) is 28.3 Å². The second kappa shape index (κ2) is 3.55. The Hall–Kier alpha value is -1.55. The van der Waals surface area contributed by atoms with E-state index >= 15 is 0 Å². The third-order valence-corrected chi connectivity index (χ3v) is 2.42. The monoisotopic (exact) mass is 225 g/mol. The molecule has 0 saturated carbocycles. The van der Waals surface area contributed by atoms with Crippen molar-refractivity contribution in [3.63, 3.8) is 0 Å². The Labute approximate surface area is 91.2 Å². The molecule has 15 heavy (non-hydrogen) atoms. The average Bonchev–Trinajstić information content (AvgIpc) is 2.55. The summed E-state index contributed by atoms with van der Waals surface area (Å²) in [5.41, 5.74) is 1.54. The smallest absolute Gasteiger partial charge is 0.340 e. The van der Waals surface area contributed by atoms with Gasteiger partial charge in [-0.15, -0.1) is 0 Å². The van der Waals surface area contributed by atoms with Crippen LogP contribution in [0.4, 0.5) is 5.69 Å². The predicted molar refractivity (Wildman–Crippen MR) is 55.1 cm³/mol. The number of benzene rings is 1. The number of esters is 1. The summed E-state index contributed by atoms with van der Waals surface area (Å²) in [6, 6.07) is 3.15. The molecule has 78 valence electrons. The Morgan fingerprint density at radius 3 is 2.93 bits per heavy atom. The molecule has 1 amide bonds. The van der Waals surface area contributed by atoms with Gasteiger partial charge in [0.15, 0.2) is 0 Å². The Kier molecular flexibility index (Phi) is 2.36. The average molecular weight is 226 g/mol. The third kappa shape index (κ3) is 1.68. The second-order valence-electron chi connectivity index (χ2n) is 3.20. The van der Waals surface area contributed by atoms with Crippen LogP contribution in [0.25, 0.3) is 0 Å². The van der Waals surface area contributed by atoms with Crippen LogP contribution in [-0.4, -0.2) is 19.0 Å². The summed E-state index contributed by atoms with van der Waals surface area (Å²) in [6.45, 7) is 0. The molecule has 1 aliphatic rings. The highest BCUT2D eigenvalue weighted by Gasteiger charge is 2.24. The molecule has 1 heterocycles. The van der Waals surface area contributed by atoms with Crippen LogP contribution in [0, 0.1) is 0 Å². The van der Waals surface area contributed by atoms with Crippen LogP contribution in [0.2, 0.25) is 5.02 Å². The SMILES string of the molecule is COC(=O)c1cc(Cl)cc2c1NC(=O)C2. The molecule has 2 rings (SSSR count). The van der Waals surface area contributed by atoms with Gasteiger partial charge in [-0.3, -0.25) is 4.79 Å². The number of anilines is 1. The number of ether oxygens (including phenoxy) is 1. The molecule has 1 aliphatic heterocycles. The van der Waals surface area contributed by atoms with Crippen LogP contribution in [0.15, 0.2) is 12.1 Å². The standard InChI is InChI=1S/C10H8ClNO3/c1-15-10(14)7-4-6(11)2-5-3-8(13)12-9(5)7/h2,4H,3H2,1H3,(H,12,13). The highest BCUT2D eigenvalue weighted by Crippen LogP contribution is 2.31. The van der Waals surface area contributed by atoms with Gasteiger partial charge in [-0.1, -0.05) is 11.6 Å². The van der Waals surface area contributed by atoms with Gasteiger partial charge < -0.3 is 10.1 Å². The number of amides is 1. The van der Waals surface area contributed by atoms with E-state index in [9.17, 15) is 9.59 Å². The molecule has 4 nitrogen and oxygen atoms in total. The van der Waals surface area contributed by atoms with Crippen molar-refractivity contribution in [1.82, 2.24) is 0 Å². The number of rotatable bonds is 1. The first-order valence-electron chi connectivity index (χ1n) is 4.32. The number of fused-ring (bicyclic) bond motifs is 1. The van der Waals surface area contributed by atoms with Crippen LogP contribution in [0.5, 0.6) is 0 Å². The Balaban J connectivity index is 2.56. The van der Waals surface area contributed by atoms with E-state index in [1.807, 2.05) is 0 Å². The minimum Gasteiger partial charge on any atom is -0.465 e. The van der Waals surface area contributed by atoms with Gasteiger partial charge in [0.2, 0.25) is 5.91 Å². The fourth-order valence-electron chi connectivity index (χ4n) is 1.58. The van der Waals surface area contributed by atoms with Gasteiger partial charge in [0.1, 0.15) is 0 Å². The number of hydrogen-bond donors (Lipinski definition) is 1. The summed E-state index contributed by atoms with van der Waals surface area (Å²) in [5.74, 6) is -0.645. The van der Waals surface area contributed by atoms with E-state index in [1.54, 1.807) is 6.07 Å². The highest BCUT2D eigenvalue weighted by molar-refractivity contribution is 6.31. The lowest BCUT2D eigenvalue weighted by molar-refractivity contribution is -0.115. The first-order valence-corrected chi connectivity index (χ1v) is 4.70. The van der Waals surface area contributed by atoms with Gasteiger partial charge in [-0.2, -0.15) is 0 Å². The molecule has 1 N–H and O–H groups in total. The molecule has 0 saturated heterocycles. The topological polar surface area (TPSA) is 55.4 Å². The molecule has 0 unspecified atom stereocenters. The summed E-state index contributed by atoms with van der Waals surface area (Å²) >= 11 is 5.83. The van der Waals surface area contributed by atoms with Crippen LogP contribution < -0.4 is 5.32 Å². The first-order chi connectivity index (χ1) is 7.11. The molecular formula is C10H8ClNO3. The van der Waals surface area contributed by atoms with Crippen LogP contribution in [0.1, 0.15) is 15.9 Å². The Morgan fingerprint density at radius 2 is 2.27 bits per heavy atom. The van der Waals surface area contributed by atoms with Gasteiger partial charge in [0.05, 0.1) is 24.8 Å². The third-order valence-electron chi connectivity index (χ3n) is 2.21. The number of halogens is 1. The largest absolute Gasteiger partial charge is 0.465 e. The summed E-state index contributed by atoms with van der Waals surface area (Å²) in [4.78, 5) is 22.6. The van der Waals surface area contributed by atoms with E-state index in [1.165, 1.54) is 13.2 Å². The van der Waals surface area contributed by atoms with Gasteiger partial charge in [0.25, 0.3) is 0 Å². The van der Waals surface area contributed by atoms with Crippen molar-refractivity contribution in [3.8, 4) is 0 Å². The zero-order chi connectivity index (χ0) is 11.0. The minimum atomic E-state index is -0.504. The van der Waals surface area contributed by atoms with Crippen molar-refractivity contribution >= 4 is 29.2 Å². The minimum absolute atomic E-state index is 0.141. The summed E-state index contributed by atoms with van der Waals surface area (Å²) in [7, 11) is 1.28. The number of nitrogens with one attached hydrogen (secondary N) is 1. The zero-order valence-corrected chi connectivity index (χ0v) is 8.72. The van der Waals surface area contributed by atoms with E-state index in [0.717, 1.165) is 5.56 Å². The molecule has 0 bridgehead atoms. The van der Waals surface area contributed by atoms with E-state index in [2.05, 4.69) is 10.1 Å². The fourth-order valence-corrected chi connectivity index (χ4v) is 1.82. The molecule has 0 spiro atoms. The Bertz CT molecular complexity index is 456.